The molecule has 6 heteroatoms. The van der Waals surface area contributed by atoms with Crippen molar-refractivity contribution in [3.05, 3.63) is 102 Å². The predicted molar refractivity (Wildman–Crippen MR) is 119 cm³/mol. The summed E-state index contributed by atoms with van der Waals surface area (Å²) in [4.78, 5) is 0. The minimum atomic E-state index is -1.28. The van der Waals surface area contributed by atoms with Crippen LogP contribution in [0.5, 0.6) is 5.75 Å². The summed E-state index contributed by atoms with van der Waals surface area (Å²) < 4.78 is 23.5. The minimum Gasteiger partial charge on any atom is -0.485 e. The molecule has 1 saturated heterocycles. The van der Waals surface area contributed by atoms with Crippen molar-refractivity contribution in [1.29, 1.82) is 0 Å². The predicted octanol–water partition coefficient (Wildman–Crippen LogP) is 3.31. The molecule has 2 N–H and O–H groups in total. The number of benzene rings is 3. The number of aliphatic hydroxyl groups excluding tert-OH is 2. The lowest BCUT2D eigenvalue weighted by Gasteiger charge is -2.42. The second-order valence-corrected chi connectivity index (χ2v) is 7.71. The van der Waals surface area contributed by atoms with Gasteiger partial charge in [-0.1, -0.05) is 78.9 Å². The molecule has 0 spiro atoms. The molecule has 1 aliphatic heterocycles. The summed E-state index contributed by atoms with van der Waals surface area (Å²) >= 11 is 0. The van der Waals surface area contributed by atoms with E-state index in [1.807, 2.05) is 78.9 Å². The van der Waals surface area contributed by atoms with Crippen LogP contribution in [0.15, 0.2) is 91.0 Å². The van der Waals surface area contributed by atoms with Crippen molar-refractivity contribution in [2.45, 2.75) is 43.9 Å². The molecule has 0 saturated carbocycles. The van der Waals surface area contributed by atoms with Gasteiger partial charge in [-0.15, -0.1) is 0 Å². The van der Waals surface area contributed by atoms with E-state index in [-0.39, 0.29) is 13.2 Å². The average Bonchev–Trinajstić information content (AvgIpc) is 2.83. The van der Waals surface area contributed by atoms with Gasteiger partial charge in [-0.05, 0) is 23.3 Å². The summed E-state index contributed by atoms with van der Waals surface area (Å²) in [6.45, 7) is 0.733. The third kappa shape index (κ3) is 5.94. The highest BCUT2D eigenvalue weighted by Gasteiger charge is 2.47. The van der Waals surface area contributed by atoms with Crippen molar-refractivity contribution in [2.75, 3.05) is 6.61 Å². The zero-order valence-corrected chi connectivity index (χ0v) is 17.7. The molecule has 3 aromatic rings. The highest BCUT2D eigenvalue weighted by molar-refractivity contribution is 5.22. The first-order valence-electron chi connectivity index (χ1n) is 10.7. The van der Waals surface area contributed by atoms with Gasteiger partial charge in [-0.25, -0.2) is 0 Å². The van der Waals surface area contributed by atoms with Gasteiger partial charge in [0.25, 0.3) is 0 Å². The van der Waals surface area contributed by atoms with E-state index in [1.165, 1.54) is 0 Å². The molecule has 3 unspecified atom stereocenters. The molecule has 4 rings (SSSR count). The molecule has 0 radical (unpaired) electrons. The van der Waals surface area contributed by atoms with Crippen LogP contribution < -0.4 is 4.74 Å². The molecule has 0 aliphatic carbocycles. The number of hydrogen-bond acceptors (Lipinski definition) is 6. The summed E-state index contributed by atoms with van der Waals surface area (Å²) in [6.07, 6.45) is -4.82. The maximum absolute atomic E-state index is 11.1. The van der Waals surface area contributed by atoms with Crippen molar-refractivity contribution in [3.63, 3.8) is 0 Å². The molecule has 168 valence electrons. The topological polar surface area (TPSA) is 77.4 Å². The van der Waals surface area contributed by atoms with Crippen LogP contribution in [0.25, 0.3) is 0 Å². The molecule has 32 heavy (non-hydrogen) atoms. The molecule has 6 nitrogen and oxygen atoms in total. The average molecular weight is 437 g/mol. The smallest absolute Gasteiger partial charge is 0.185 e. The Morgan fingerprint density at radius 1 is 0.688 bits per heavy atom. The van der Waals surface area contributed by atoms with Gasteiger partial charge in [0.1, 0.15) is 24.1 Å². The fourth-order valence-electron chi connectivity index (χ4n) is 3.65. The Kier molecular flexibility index (Phi) is 7.87. The van der Waals surface area contributed by atoms with E-state index < -0.39 is 30.7 Å². The lowest BCUT2D eigenvalue weighted by molar-refractivity contribution is -0.296. The number of rotatable bonds is 9. The van der Waals surface area contributed by atoms with Crippen LogP contribution in [0, 0.1) is 0 Å². The first-order valence-corrected chi connectivity index (χ1v) is 10.7. The van der Waals surface area contributed by atoms with Gasteiger partial charge in [-0.3, -0.25) is 0 Å². The third-order valence-corrected chi connectivity index (χ3v) is 5.33. The largest absolute Gasteiger partial charge is 0.485 e. The van der Waals surface area contributed by atoms with Crippen LogP contribution >= 0.6 is 0 Å². The van der Waals surface area contributed by atoms with Gasteiger partial charge in [-0.2, -0.15) is 0 Å². The highest BCUT2D eigenvalue weighted by Crippen LogP contribution is 2.28. The van der Waals surface area contributed by atoms with Crippen LogP contribution in [-0.2, 0) is 27.4 Å². The van der Waals surface area contributed by atoms with Crippen LogP contribution in [-0.4, -0.2) is 47.5 Å². The first kappa shape index (κ1) is 22.5. The van der Waals surface area contributed by atoms with Crippen molar-refractivity contribution in [3.8, 4) is 5.75 Å². The minimum absolute atomic E-state index is 0.104. The Hall–Kier alpha value is -2.74. The second-order valence-electron chi connectivity index (χ2n) is 7.71. The van der Waals surface area contributed by atoms with E-state index in [9.17, 15) is 10.2 Å². The lowest BCUT2D eigenvalue weighted by atomic mass is 9.98. The van der Waals surface area contributed by atoms with Crippen LogP contribution in [0.1, 0.15) is 11.1 Å². The summed E-state index contributed by atoms with van der Waals surface area (Å²) in [5.74, 6) is 0.572. The van der Waals surface area contributed by atoms with Gasteiger partial charge in [0, 0.05) is 0 Å². The molecule has 5 atom stereocenters. The van der Waals surface area contributed by atoms with E-state index in [4.69, 9.17) is 18.9 Å². The van der Waals surface area contributed by atoms with Crippen LogP contribution in [0.2, 0.25) is 0 Å². The molecular weight excluding hydrogens is 408 g/mol. The zero-order valence-electron chi connectivity index (χ0n) is 17.7. The maximum Gasteiger partial charge on any atom is 0.185 e. The maximum atomic E-state index is 11.1. The van der Waals surface area contributed by atoms with E-state index in [0.29, 0.717) is 12.4 Å². The van der Waals surface area contributed by atoms with Crippen molar-refractivity contribution in [1.82, 2.24) is 0 Å². The molecule has 0 aromatic heterocycles. The highest BCUT2D eigenvalue weighted by atomic mass is 16.7. The Balaban J connectivity index is 1.44. The summed E-state index contributed by atoms with van der Waals surface area (Å²) in [6, 6.07) is 28.5. The molecule has 1 heterocycles. The quantitative estimate of drug-likeness (QED) is 0.536. The van der Waals surface area contributed by atoms with E-state index in [0.717, 1.165) is 11.1 Å². The molecule has 1 fully saturated rings. The number of hydrogen-bond donors (Lipinski definition) is 2. The Labute approximate surface area is 188 Å². The Morgan fingerprint density at radius 2 is 1.25 bits per heavy atom. The van der Waals surface area contributed by atoms with Gasteiger partial charge < -0.3 is 29.2 Å². The standard InChI is InChI=1S/C26H28O6/c27-23-22(18-29-16-19-10-4-1-5-11-19)32-26(28)25(30-17-20-12-6-2-7-13-20)24(23)31-21-14-8-3-9-15-21/h1-15,22-28H,16-18H2/t22?,23-,24?,25?,26-/m0/s1. The number of ether oxygens (including phenoxy) is 4. The monoisotopic (exact) mass is 436 g/mol. The zero-order chi connectivity index (χ0) is 22.2. The van der Waals surface area contributed by atoms with Crippen LogP contribution in [0.4, 0.5) is 0 Å². The first-order chi connectivity index (χ1) is 15.7. The number of aliphatic hydroxyl groups is 2. The fraction of sp³-hybridized carbons (Fsp3) is 0.308. The molecule has 0 amide bonds. The van der Waals surface area contributed by atoms with Gasteiger partial charge in [0.15, 0.2) is 12.4 Å². The van der Waals surface area contributed by atoms with E-state index in [2.05, 4.69) is 0 Å². The van der Waals surface area contributed by atoms with Crippen molar-refractivity contribution < 1.29 is 29.2 Å². The molecule has 0 bridgehead atoms. The SMILES string of the molecule is O[C@H]1C(COCc2ccccc2)O[C@H](O)C(OCc2ccccc2)C1Oc1ccccc1. The number of para-hydroxylation sites is 1. The lowest BCUT2D eigenvalue weighted by Crippen LogP contribution is -2.61. The molecule has 3 aromatic carbocycles. The third-order valence-electron chi connectivity index (χ3n) is 5.33. The summed E-state index contributed by atoms with van der Waals surface area (Å²) in [5.41, 5.74) is 1.96. The molecule has 1 aliphatic rings. The molecular formula is C26H28O6. The Morgan fingerprint density at radius 3 is 1.88 bits per heavy atom. The van der Waals surface area contributed by atoms with E-state index >= 15 is 0 Å². The Bertz CT molecular complexity index is 921. The normalized spacial score (nSPS) is 25.4. The fourth-order valence-corrected chi connectivity index (χ4v) is 3.65. The van der Waals surface area contributed by atoms with Crippen molar-refractivity contribution >= 4 is 0 Å². The van der Waals surface area contributed by atoms with Gasteiger partial charge in [0.05, 0.1) is 19.8 Å². The van der Waals surface area contributed by atoms with Gasteiger partial charge in [0.2, 0.25) is 0 Å². The second kappa shape index (κ2) is 11.2. The summed E-state index contributed by atoms with van der Waals surface area (Å²) in [7, 11) is 0. The van der Waals surface area contributed by atoms with Crippen LogP contribution in [0.3, 0.4) is 0 Å². The summed E-state index contributed by atoms with van der Waals surface area (Å²) in [5, 5.41) is 21.8. The van der Waals surface area contributed by atoms with Gasteiger partial charge >= 0.3 is 0 Å². The van der Waals surface area contributed by atoms with Crippen molar-refractivity contribution in [2.24, 2.45) is 0 Å². The van der Waals surface area contributed by atoms with E-state index in [1.54, 1.807) is 12.1 Å².